The zero-order valence-corrected chi connectivity index (χ0v) is 9.60. The Balaban J connectivity index is 2.34. The van der Waals surface area contributed by atoms with E-state index in [4.69, 9.17) is 17.3 Å². The molecule has 2 aromatic rings. The summed E-state index contributed by atoms with van der Waals surface area (Å²) in [5.74, 6) is -0.205. The van der Waals surface area contributed by atoms with Crippen molar-refractivity contribution in [3.05, 3.63) is 41.3 Å². The van der Waals surface area contributed by atoms with Crippen LogP contribution in [-0.4, -0.2) is 9.97 Å². The molecule has 1 aromatic heterocycles. The highest BCUT2D eigenvalue weighted by Crippen LogP contribution is 2.32. The van der Waals surface area contributed by atoms with Gasteiger partial charge in [-0.25, -0.2) is 14.4 Å². The molecule has 0 amide bonds. The molecule has 0 aliphatic carbocycles. The van der Waals surface area contributed by atoms with Crippen molar-refractivity contribution >= 4 is 29.3 Å². The minimum Gasteiger partial charge on any atom is -0.368 e. The molecule has 1 aromatic carbocycles. The first-order valence-corrected chi connectivity index (χ1v) is 5.56. The number of nitrogens with two attached hydrogens (primary N) is 1. The molecular formula is C10H7ClFN3S. The van der Waals surface area contributed by atoms with Crippen molar-refractivity contribution in [2.24, 2.45) is 0 Å². The number of hydrogen-bond donors (Lipinski definition) is 1. The smallest absolute Gasteiger partial charge is 0.221 e. The van der Waals surface area contributed by atoms with Gasteiger partial charge in [0.1, 0.15) is 10.8 Å². The number of rotatable bonds is 2. The molecule has 2 N–H and O–H groups in total. The number of hydrogen-bond acceptors (Lipinski definition) is 4. The summed E-state index contributed by atoms with van der Waals surface area (Å²) in [4.78, 5) is 8.12. The van der Waals surface area contributed by atoms with Crippen LogP contribution in [0.15, 0.2) is 40.4 Å². The van der Waals surface area contributed by atoms with Gasteiger partial charge >= 0.3 is 0 Å². The second-order valence-electron chi connectivity index (χ2n) is 2.91. The van der Waals surface area contributed by atoms with Gasteiger partial charge < -0.3 is 5.73 Å². The highest BCUT2D eigenvalue weighted by atomic mass is 35.5. The zero-order valence-electron chi connectivity index (χ0n) is 8.02. The fourth-order valence-electron chi connectivity index (χ4n) is 1.07. The number of halogens is 2. The van der Waals surface area contributed by atoms with E-state index in [1.165, 1.54) is 12.3 Å². The number of nitrogens with zero attached hydrogens (tertiary/aromatic N) is 2. The number of nitrogen functional groups attached to an aromatic ring is 1. The van der Waals surface area contributed by atoms with Crippen molar-refractivity contribution in [2.75, 3.05) is 5.73 Å². The third-order valence-corrected chi connectivity index (χ3v) is 3.22. The third-order valence-electron chi connectivity index (χ3n) is 1.77. The van der Waals surface area contributed by atoms with Crippen molar-refractivity contribution in [1.82, 2.24) is 9.97 Å². The van der Waals surface area contributed by atoms with Crippen LogP contribution in [0.5, 0.6) is 0 Å². The summed E-state index contributed by atoms with van der Waals surface area (Å²) >= 11 is 6.99. The summed E-state index contributed by atoms with van der Waals surface area (Å²) < 4.78 is 13.4. The lowest BCUT2D eigenvalue weighted by Gasteiger charge is -2.04. The standard InChI is InChI=1S/C10H7ClFN3S/c11-6-5-14-10(13)15-9(6)16-8-4-2-1-3-7(8)12/h1-5H,(H2,13,14,15). The van der Waals surface area contributed by atoms with E-state index in [0.717, 1.165) is 11.8 Å². The largest absolute Gasteiger partial charge is 0.368 e. The number of benzene rings is 1. The Labute approximate surface area is 101 Å². The predicted molar refractivity (Wildman–Crippen MR) is 62.0 cm³/mol. The lowest BCUT2D eigenvalue weighted by molar-refractivity contribution is 0.602. The quantitative estimate of drug-likeness (QED) is 0.838. The molecule has 1 heterocycles. The number of anilines is 1. The molecule has 0 saturated heterocycles. The Morgan fingerprint density at radius 2 is 2.06 bits per heavy atom. The lowest BCUT2D eigenvalue weighted by atomic mass is 10.3. The van der Waals surface area contributed by atoms with Crippen LogP contribution in [-0.2, 0) is 0 Å². The fraction of sp³-hybridized carbons (Fsp3) is 0. The summed E-state index contributed by atoms with van der Waals surface area (Å²) in [6, 6.07) is 6.38. The molecule has 0 spiro atoms. The van der Waals surface area contributed by atoms with E-state index in [2.05, 4.69) is 9.97 Å². The Morgan fingerprint density at radius 3 is 2.81 bits per heavy atom. The molecular weight excluding hydrogens is 249 g/mol. The van der Waals surface area contributed by atoms with Crippen LogP contribution in [0.1, 0.15) is 0 Å². The summed E-state index contributed by atoms with van der Waals surface area (Å²) in [7, 11) is 0. The van der Waals surface area contributed by atoms with Gasteiger partial charge in [0, 0.05) is 4.90 Å². The maximum absolute atomic E-state index is 13.4. The first kappa shape index (κ1) is 11.2. The van der Waals surface area contributed by atoms with Gasteiger partial charge in [-0.15, -0.1) is 0 Å². The van der Waals surface area contributed by atoms with E-state index in [1.54, 1.807) is 18.2 Å². The Kier molecular flexibility index (Phi) is 3.26. The van der Waals surface area contributed by atoms with Crippen molar-refractivity contribution in [3.63, 3.8) is 0 Å². The van der Waals surface area contributed by atoms with Crippen LogP contribution < -0.4 is 5.73 Å². The van der Waals surface area contributed by atoms with E-state index >= 15 is 0 Å². The highest BCUT2D eigenvalue weighted by Gasteiger charge is 2.08. The van der Waals surface area contributed by atoms with E-state index in [9.17, 15) is 4.39 Å². The van der Waals surface area contributed by atoms with Gasteiger partial charge in [-0.05, 0) is 12.1 Å². The maximum atomic E-state index is 13.4. The molecule has 0 atom stereocenters. The number of aromatic nitrogens is 2. The first-order valence-electron chi connectivity index (χ1n) is 4.37. The molecule has 0 aliphatic rings. The minimum absolute atomic E-state index is 0.114. The fourth-order valence-corrected chi connectivity index (χ4v) is 2.08. The molecule has 82 valence electrons. The summed E-state index contributed by atoms with van der Waals surface area (Å²) in [6.45, 7) is 0. The molecule has 0 bridgehead atoms. The van der Waals surface area contributed by atoms with Crippen molar-refractivity contribution in [1.29, 1.82) is 0 Å². The second kappa shape index (κ2) is 4.67. The monoisotopic (exact) mass is 255 g/mol. The third kappa shape index (κ3) is 2.43. The van der Waals surface area contributed by atoms with Crippen LogP contribution in [0.4, 0.5) is 10.3 Å². The van der Waals surface area contributed by atoms with Crippen LogP contribution in [0.25, 0.3) is 0 Å². The van der Waals surface area contributed by atoms with Gasteiger partial charge in [-0.1, -0.05) is 35.5 Å². The van der Waals surface area contributed by atoms with Gasteiger partial charge in [0.05, 0.1) is 11.2 Å². The van der Waals surface area contributed by atoms with Crippen molar-refractivity contribution < 1.29 is 4.39 Å². The van der Waals surface area contributed by atoms with E-state index < -0.39 is 0 Å². The van der Waals surface area contributed by atoms with E-state index in [0.29, 0.717) is 14.9 Å². The normalized spacial score (nSPS) is 10.4. The second-order valence-corrected chi connectivity index (χ2v) is 4.35. The molecule has 0 aliphatic heterocycles. The van der Waals surface area contributed by atoms with Crippen LogP contribution in [0.2, 0.25) is 5.02 Å². The lowest BCUT2D eigenvalue weighted by Crippen LogP contribution is -1.95. The summed E-state index contributed by atoms with van der Waals surface area (Å²) in [5.41, 5.74) is 5.43. The molecule has 0 radical (unpaired) electrons. The van der Waals surface area contributed by atoms with Crippen LogP contribution in [0, 0.1) is 5.82 Å². The molecule has 0 unspecified atom stereocenters. The average Bonchev–Trinajstić information content (AvgIpc) is 2.27. The Bertz CT molecular complexity index is 521. The Morgan fingerprint density at radius 1 is 1.31 bits per heavy atom. The molecule has 0 fully saturated rings. The molecule has 2 rings (SSSR count). The molecule has 0 saturated carbocycles. The van der Waals surface area contributed by atoms with Crippen LogP contribution >= 0.6 is 23.4 Å². The molecule has 16 heavy (non-hydrogen) atoms. The summed E-state index contributed by atoms with van der Waals surface area (Å²) in [6.07, 6.45) is 1.40. The van der Waals surface area contributed by atoms with Gasteiger partial charge in [0.25, 0.3) is 0 Å². The van der Waals surface area contributed by atoms with Gasteiger partial charge in [0.2, 0.25) is 5.95 Å². The molecule has 6 heteroatoms. The minimum atomic E-state index is -0.319. The van der Waals surface area contributed by atoms with Gasteiger partial charge in [0.15, 0.2) is 0 Å². The average molecular weight is 256 g/mol. The molecule has 3 nitrogen and oxygen atoms in total. The maximum Gasteiger partial charge on any atom is 0.221 e. The van der Waals surface area contributed by atoms with Crippen molar-refractivity contribution in [2.45, 2.75) is 9.92 Å². The Hall–Kier alpha value is -1.33. The van der Waals surface area contributed by atoms with Crippen LogP contribution in [0.3, 0.4) is 0 Å². The summed E-state index contributed by atoms with van der Waals surface area (Å²) in [5, 5.41) is 0.793. The van der Waals surface area contributed by atoms with Gasteiger partial charge in [-0.2, -0.15) is 0 Å². The topological polar surface area (TPSA) is 51.8 Å². The predicted octanol–water partition coefficient (Wildman–Crippen LogP) is 3.00. The van der Waals surface area contributed by atoms with E-state index in [-0.39, 0.29) is 11.8 Å². The first-order chi connectivity index (χ1) is 7.66. The SMILES string of the molecule is Nc1ncc(Cl)c(Sc2ccccc2F)n1. The highest BCUT2D eigenvalue weighted by molar-refractivity contribution is 7.99. The zero-order chi connectivity index (χ0) is 11.5. The van der Waals surface area contributed by atoms with E-state index in [1.807, 2.05) is 0 Å². The van der Waals surface area contributed by atoms with Gasteiger partial charge in [-0.3, -0.25) is 0 Å². The van der Waals surface area contributed by atoms with Crippen molar-refractivity contribution in [3.8, 4) is 0 Å².